The second-order valence-corrected chi connectivity index (χ2v) is 9.81. The van der Waals surface area contributed by atoms with Crippen molar-refractivity contribution < 1.29 is 23.1 Å². The van der Waals surface area contributed by atoms with E-state index in [1.807, 2.05) is 45.9 Å². The lowest BCUT2D eigenvalue weighted by atomic mass is 10.1. The SMILES string of the molecule is C/C=C\C=C(/CC)CC(=O)N/C(N)=C/C=C(\N)CCCCc1nnc(NC(=O)Cc2cccc(OC(F)F)c2)s1.CC. The minimum atomic E-state index is -2.93. The average Bonchev–Trinajstić information content (AvgIpc) is 3.39. The number of carbonyl (C=O) groups excluding carboxylic acids is 2. The van der Waals surface area contributed by atoms with Gasteiger partial charge in [0.1, 0.15) is 16.6 Å². The summed E-state index contributed by atoms with van der Waals surface area (Å²) >= 11 is 1.27. The third kappa shape index (κ3) is 15.7. The Kier molecular flexibility index (Phi) is 17.8. The number of aromatic nitrogens is 2. The predicted molar refractivity (Wildman–Crippen MR) is 165 cm³/mol. The highest BCUT2D eigenvalue weighted by molar-refractivity contribution is 7.15. The first kappa shape index (κ1) is 36.0. The Morgan fingerprint density at radius 1 is 1.10 bits per heavy atom. The lowest BCUT2D eigenvalue weighted by molar-refractivity contribution is -0.119. The Morgan fingerprint density at radius 2 is 1.86 bits per heavy atom. The molecule has 0 atom stereocenters. The molecule has 0 fully saturated rings. The van der Waals surface area contributed by atoms with Gasteiger partial charge < -0.3 is 26.8 Å². The molecule has 1 aromatic carbocycles. The summed E-state index contributed by atoms with van der Waals surface area (Å²) < 4.78 is 29.1. The first-order valence-electron chi connectivity index (χ1n) is 13.9. The Hall–Kier alpha value is -4.06. The predicted octanol–water partition coefficient (Wildman–Crippen LogP) is 6.12. The Balaban J connectivity index is 0.00000431. The summed E-state index contributed by atoms with van der Waals surface area (Å²) in [5, 5.41) is 14.6. The quantitative estimate of drug-likeness (QED) is 0.133. The number of nitrogens with two attached hydrogens (primary N) is 2. The number of nitrogens with zero attached hydrogens (tertiary/aromatic N) is 2. The summed E-state index contributed by atoms with van der Waals surface area (Å²) in [6.07, 6.45) is 13.0. The fourth-order valence-corrected chi connectivity index (χ4v) is 4.26. The summed E-state index contributed by atoms with van der Waals surface area (Å²) in [5.74, 6) is -0.296. The molecule has 0 unspecified atom stereocenters. The van der Waals surface area contributed by atoms with Crippen LogP contribution in [0.5, 0.6) is 5.75 Å². The highest BCUT2D eigenvalue weighted by Crippen LogP contribution is 2.20. The maximum Gasteiger partial charge on any atom is 0.387 e. The maximum atomic E-state index is 12.4. The smallest absolute Gasteiger partial charge is 0.387 e. The third-order valence-electron chi connectivity index (χ3n) is 5.43. The van der Waals surface area contributed by atoms with Crippen LogP contribution in [0.4, 0.5) is 13.9 Å². The molecule has 1 aromatic heterocycles. The summed E-state index contributed by atoms with van der Waals surface area (Å²) in [5.41, 5.74) is 14.1. The largest absolute Gasteiger partial charge is 0.435 e. The first-order chi connectivity index (χ1) is 20.2. The first-order valence-corrected chi connectivity index (χ1v) is 14.7. The number of aryl methyl sites for hydroxylation is 1. The number of unbranched alkanes of at least 4 members (excludes halogenated alkanes) is 1. The molecular formula is C30H42F2N6O3S. The van der Waals surface area contributed by atoms with Crippen LogP contribution in [0.1, 0.15) is 70.4 Å². The number of nitrogens with one attached hydrogen (secondary N) is 2. The highest BCUT2D eigenvalue weighted by Gasteiger charge is 2.11. The number of benzene rings is 1. The minimum absolute atomic E-state index is 0.00498. The van der Waals surface area contributed by atoms with Crippen molar-refractivity contribution in [3.63, 3.8) is 0 Å². The zero-order valence-corrected chi connectivity index (χ0v) is 25.5. The van der Waals surface area contributed by atoms with E-state index in [0.717, 1.165) is 29.8 Å². The van der Waals surface area contributed by atoms with E-state index >= 15 is 0 Å². The van der Waals surface area contributed by atoms with Gasteiger partial charge >= 0.3 is 6.61 Å². The van der Waals surface area contributed by atoms with Crippen molar-refractivity contribution in [1.29, 1.82) is 0 Å². The molecule has 0 aliphatic carbocycles. The van der Waals surface area contributed by atoms with E-state index in [1.54, 1.807) is 24.3 Å². The van der Waals surface area contributed by atoms with Crippen molar-refractivity contribution in [1.82, 2.24) is 15.5 Å². The fraction of sp³-hybridized carbons (Fsp3) is 0.400. The van der Waals surface area contributed by atoms with Crippen molar-refractivity contribution in [3.8, 4) is 5.75 Å². The van der Waals surface area contributed by atoms with Gasteiger partial charge in [-0.1, -0.05) is 68.0 Å². The van der Waals surface area contributed by atoms with Gasteiger partial charge in [-0.15, -0.1) is 10.2 Å². The van der Waals surface area contributed by atoms with Gasteiger partial charge in [0.2, 0.25) is 16.9 Å². The molecule has 0 saturated carbocycles. The van der Waals surface area contributed by atoms with Crippen LogP contribution in [0, 0.1) is 0 Å². The Labute approximate surface area is 250 Å². The summed E-state index contributed by atoms with van der Waals surface area (Å²) in [7, 11) is 0. The number of anilines is 1. The zero-order valence-electron chi connectivity index (χ0n) is 24.7. The van der Waals surface area contributed by atoms with Crippen molar-refractivity contribution in [2.45, 2.75) is 79.3 Å². The highest BCUT2D eigenvalue weighted by atomic mass is 32.1. The summed E-state index contributed by atoms with van der Waals surface area (Å²) in [6.45, 7) is 4.98. The topological polar surface area (TPSA) is 145 Å². The van der Waals surface area contributed by atoms with Gasteiger partial charge in [0.15, 0.2) is 0 Å². The molecule has 42 heavy (non-hydrogen) atoms. The van der Waals surface area contributed by atoms with Crippen LogP contribution in [0.2, 0.25) is 0 Å². The second kappa shape index (κ2) is 20.8. The van der Waals surface area contributed by atoms with Gasteiger partial charge in [-0.3, -0.25) is 9.59 Å². The van der Waals surface area contributed by atoms with Gasteiger partial charge in [0, 0.05) is 18.5 Å². The summed E-state index contributed by atoms with van der Waals surface area (Å²) in [4.78, 5) is 24.5. The normalized spacial score (nSPS) is 12.2. The molecule has 6 N–H and O–H groups in total. The zero-order chi connectivity index (χ0) is 31.3. The van der Waals surface area contributed by atoms with Crippen LogP contribution in [0.25, 0.3) is 0 Å². The van der Waals surface area contributed by atoms with E-state index in [-0.39, 0.29) is 36.2 Å². The molecule has 2 amide bonds. The van der Waals surface area contributed by atoms with Crippen molar-refractivity contribution >= 4 is 28.3 Å². The number of rotatable bonds is 16. The number of alkyl halides is 2. The van der Waals surface area contributed by atoms with E-state index in [0.29, 0.717) is 29.2 Å². The molecule has 12 heteroatoms. The van der Waals surface area contributed by atoms with Crippen LogP contribution >= 0.6 is 11.3 Å². The number of ether oxygens (including phenoxy) is 1. The van der Waals surface area contributed by atoms with Crippen LogP contribution in [0.3, 0.4) is 0 Å². The van der Waals surface area contributed by atoms with E-state index in [9.17, 15) is 18.4 Å². The number of carbonyl (C=O) groups is 2. The standard InChI is InChI=1S/C28H36F2N6O3S.C2H6/c1-3-5-9-19(4-2)17-24(37)33-23(32)15-14-21(31)11-6-7-13-26-35-36-28(40-26)34-25(38)18-20-10-8-12-22(16-20)39-27(29)30;1-2/h3,5,8-10,12,14-16,27H,4,6-7,11,13,17-18,31-32H2,1-2H3,(H,33,37)(H,34,36,38);1-2H3/b5-3-,19-9+,21-14-,23-15+;. The molecule has 0 spiro atoms. The van der Waals surface area contributed by atoms with Crippen LogP contribution in [-0.2, 0) is 22.4 Å². The monoisotopic (exact) mass is 604 g/mol. The molecule has 0 bridgehead atoms. The fourth-order valence-electron chi connectivity index (χ4n) is 3.46. The van der Waals surface area contributed by atoms with Crippen molar-refractivity contribution in [3.05, 3.63) is 82.3 Å². The number of amides is 2. The molecule has 0 aliphatic heterocycles. The Morgan fingerprint density at radius 3 is 2.55 bits per heavy atom. The van der Waals surface area contributed by atoms with Crippen LogP contribution < -0.4 is 26.8 Å². The molecule has 230 valence electrons. The van der Waals surface area contributed by atoms with Gasteiger partial charge in [-0.2, -0.15) is 8.78 Å². The van der Waals surface area contributed by atoms with Crippen LogP contribution in [0.15, 0.2) is 71.7 Å². The van der Waals surface area contributed by atoms with Crippen molar-refractivity contribution in [2.75, 3.05) is 5.32 Å². The lowest BCUT2D eigenvalue weighted by Gasteiger charge is -2.06. The summed E-state index contributed by atoms with van der Waals surface area (Å²) in [6, 6.07) is 5.99. The van der Waals surface area contributed by atoms with Crippen molar-refractivity contribution in [2.24, 2.45) is 11.5 Å². The van der Waals surface area contributed by atoms with E-state index in [4.69, 9.17) is 11.5 Å². The third-order valence-corrected chi connectivity index (χ3v) is 6.33. The molecule has 0 radical (unpaired) electrons. The molecule has 2 aromatic rings. The average molecular weight is 605 g/mol. The molecule has 0 saturated heterocycles. The Bertz CT molecular complexity index is 1240. The lowest BCUT2D eigenvalue weighted by Crippen LogP contribution is -2.27. The molecule has 9 nitrogen and oxygen atoms in total. The number of hydrogen-bond acceptors (Lipinski definition) is 8. The number of halogens is 2. The number of hydrogen-bond donors (Lipinski definition) is 4. The van der Waals surface area contributed by atoms with Crippen LogP contribution in [-0.4, -0.2) is 28.6 Å². The number of allylic oxidation sites excluding steroid dienone is 6. The molecule has 1 heterocycles. The molecule has 2 rings (SSSR count). The molecule has 0 aliphatic rings. The van der Waals surface area contributed by atoms with Gasteiger partial charge in [0.05, 0.1) is 6.42 Å². The van der Waals surface area contributed by atoms with Gasteiger partial charge in [-0.05, 0) is 62.5 Å². The molecular weight excluding hydrogens is 562 g/mol. The van der Waals surface area contributed by atoms with E-state index in [1.165, 1.54) is 23.5 Å². The van der Waals surface area contributed by atoms with E-state index in [2.05, 4.69) is 25.6 Å². The van der Waals surface area contributed by atoms with Gasteiger partial charge in [0.25, 0.3) is 0 Å². The van der Waals surface area contributed by atoms with Gasteiger partial charge in [-0.25, -0.2) is 0 Å². The second-order valence-electron chi connectivity index (χ2n) is 8.75. The maximum absolute atomic E-state index is 12.4. The minimum Gasteiger partial charge on any atom is -0.435 e. The van der Waals surface area contributed by atoms with E-state index < -0.39 is 6.61 Å².